The van der Waals surface area contributed by atoms with E-state index in [1.807, 2.05) is 6.92 Å². The number of aliphatic hydroxyl groups is 2. The summed E-state index contributed by atoms with van der Waals surface area (Å²) in [6.07, 6.45) is 0. The van der Waals surface area contributed by atoms with Crippen LogP contribution < -0.4 is 0 Å². The van der Waals surface area contributed by atoms with Crippen LogP contribution in [0.1, 0.15) is 6.92 Å². The van der Waals surface area contributed by atoms with Gasteiger partial charge >= 0.3 is 0 Å². The van der Waals surface area contributed by atoms with E-state index in [-0.39, 0.29) is 13.2 Å². The molecule has 0 rings (SSSR count). The first-order valence-corrected chi connectivity index (χ1v) is 5.77. The quantitative estimate of drug-likeness (QED) is 0.492. The second-order valence-electron chi connectivity index (χ2n) is 2.86. The monoisotopic (exact) mass is 254 g/mol. The van der Waals surface area contributed by atoms with Gasteiger partial charge in [0, 0.05) is 13.7 Å². The Morgan fingerprint density at radius 2 is 1.00 bits per heavy atom. The van der Waals surface area contributed by atoms with Gasteiger partial charge in [0.2, 0.25) is 0 Å². The SMILES string of the molecule is CCOC.OCCOCCOCCOCCO. The average Bonchev–Trinajstić information content (AvgIpc) is 2.37. The van der Waals surface area contributed by atoms with Gasteiger partial charge in [-0.2, -0.15) is 0 Å². The van der Waals surface area contributed by atoms with E-state index in [0.29, 0.717) is 39.6 Å². The molecular formula is C11H26O6. The molecule has 0 radical (unpaired) electrons. The van der Waals surface area contributed by atoms with Crippen molar-refractivity contribution in [1.29, 1.82) is 0 Å². The van der Waals surface area contributed by atoms with Crippen LogP contribution in [0, 0.1) is 0 Å². The fourth-order valence-electron chi connectivity index (χ4n) is 0.671. The fraction of sp³-hybridized carbons (Fsp3) is 1.00. The van der Waals surface area contributed by atoms with Crippen LogP contribution in [0.2, 0.25) is 0 Å². The number of hydrogen-bond acceptors (Lipinski definition) is 6. The van der Waals surface area contributed by atoms with E-state index in [1.165, 1.54) is 0 Å². The summed E-state index contributed by atoms with van der Waals surface area (Å²) in [6, 6.07) is 0. The van der Waals surface area contributed by atoms with Crippen LogP contribution in [-0.2, 0) is 18.9 Å². The largest absolute Gasteiger partial charge is 0.394 e. The number of methoxy groups -OCH3 is 1. The zero-order chi connectivity index (χ0) is 13.2. The van der Waals surface area contributed by atoms with E-state index in [2.05, 4.69) is 4.74 Å². The van der Waals surface area contributed by atoms with Gasteiger partial charge in [0.25, 0.3) is 0 Å². The molecule has 2 N–H and O–H groups in total. The molecule has 0 saturated carbocycles. The predicted octanol–water partition coefficient (Wildman–Crippen LogP) is -0.326. The second kappa shape index (κ2) is 21.1. The van der Waals surface area contributed by atoms with Crippen LogP contribution in [0.15, 0.2) is 0 Å². The number of rotatable bonds is 11. The van der Waals surface area contributed by atoms with Crippen molar-refractivity contribution in [3.63, 3.8) is 0 Å². The number of ether oxygens (including phenoxy) is 4. The molecule has 0 saturated heterocycles. The summed E-state index contributed by atoms with van der Waals surface area (Å²) in [7, 11) is 1.68. The highest BCUT2D eigenvalue weighted by Gasteiger charge is 1.89. The fourth-order valence-corrected chi connectivity index (χ4v) is 0.671. The van der Waals surface area contributed by atoms with E-state index in [0.717, 1.165) is 6.61 Å². The van der Waals surface area contributed by atoms with E-state index < -0.39 is 0 Å². The van der Waals surface area contributed by atoms with Gasteiger partial charge in [0.15, 0.2) is 0 Å². The molecule has 0 aliphatic rings. The van der Waals surface area contributed by atoms with Crippen molar-refractivity contribution in [2.75, 3.05) is 66.6 Å². The predicted molar refractivity (Wildman–Crippen MR) is 64.2 cm³/mol. The lowest BCUT2D eigenvalue weighted by atomic mass is 10.7. The van der Waals surface area contributed by atoms with Crippen LogP contribution in [0.5, 0.6) is 0 Å². The first kappa shape index (κ1) is 19.1. The molecule has 106 valence electrons. The smallest absolute Gasteiger partial charge is 0.0701 e. The normalized spacial score (nSPS) is 9.88. The Labute approximate surface area is 103 Å². The molecule has 0 aromatic heterocycles. The van der Waals surface area contributed by atoms with Crippen molar-refractivity contribution < 1.29 is 29.2 Å². The number of hydrogen-bond donors (Lipinski definition) is 2. The third-order valence-corrected chi connectivity index (χ3v) is 1.50. The first-order valence-electron chi connectivity index (χ1n) is 5.77. The molecule has 0 amide bonds. The van der Waals surface area contributed by atoms with Crippen molar-refractivity contribution in [2.45, 2.75) is 6.92 Å². The highest BCUT2D eigenvalue weighted by atomic mass is 16.5. The van der Waals surface area contributed by atoms with Crippen LogP contribution in [0.3, 0.4) is 0 Å². The van der Waals surface area contributed by atoms with Crippen LogP contribution in [-0.4, -0.2) is 76.8 Å². The van der Waals surface area contributed by atoms with Crippen LogP contribution >= 0.6 is 0 Å². The molecule has 0 heterocycles. The average molecular weight is 254 g/mol. The summed E-state index contributed by atoms with van der Waals surface area (Å²) in [4.78, 5) is 0. The summed E-state index contributed by atoms with van der Waals surface area (Å²) in [5.41, 5.74) is 0. The topological polar surface area (TPSA) is 77.4 Å². The van der Waals surface area contributed by atoms with Gasteiger partial charge in [-0.3, -0.25) is 0 Å². The summed E-state index contributed by atoms with van der Waals surface area (Å²) < 4.78 is 19.6. The summed E-state index contributed by atoms with van der Waals surface area (Å²) in [5.74, 6) is 0. The highest BCUT2D eigenvalue weighted by molar-refractivity contribution is 4.33. The third-order valence-electron chi connectivity index (χ3n) is 1.50. The van der Waals surface area contributed by atoms with Gasteiger partial charge in [0.1, 0.15) is 0 Å². The lowest BCUT2D eigenvalue weighted by Gasteiger charge is -2.04. The minimum Gasteiger partial charge on any atom is -0.394 e. The van der Waals surface area contributed by atoms with Gasteiger partial charge in [0.05, 0.1) is 52.9 Å². The number of aliphatic hydroxyl groups excluding tert-OH is 2. The molecule has 0 atom stereocenters. The molecule has 6 nitrogen and oxygen atoms in total. The maximum absolute atomic E-state index is 8.36. The van der Waals surface area contributed by atoms with Crippen molar-refractivity contribution >= 4 is 0 Å². The van der Waals surface area contributed by atoms with Gasteiger partial charge in [-0.15, -0.1) is 0 Å². The Balaban J connectivity index is 0. The standard InChI is InChI=1S/C8H18O5.C3H8O/c9-1-3-11-5-7-13-8-6-12-4-2-10;1-3-4-2/h9-10H,1-8H2;3H2,1-2H3. The molecule has 0 aromatic carbocycles. The van der Waals surface area contributed by atoms with E-state index in [9.17, 15) is 0 Å². The zero-order valence-corrected chi connectivity index (χ0v) is 10.9. The molecule has 0 aliphatic heterocycles. The minimum absolute atomic E-state index is 0.0413. The molecular weight excluding hydrogens is 228 g/mol. The second-order valence-corrected chi connectivity index (χ2v) is 2.86. The zero-order valence-electron chi connectivity index (χ0n) is 10.9. The highest BCUT2D eigenvalue weighted by Crippen LogP contribution is 1.80. The van der Waals surface area contributed by atoms with Crippen LogP contribution in [0.25, 0.3) is 0 Å². The maximum atomic E-state index is 8.36. The lowest BCUT2D eigenvalue weighted by molar-refractivity contribution is 0.00230. The van der Waals surface area contributed by atoms with E-state index in [4.69, 9.17) is 24.4 Å². The van der Waals surface area contributed by atoms with Crippen molar-refractivity contribution in [1.82, 2.24) is 0 Å². The molecule has 0 spiro atoms. The third kappa shape index (κ3) is 25.8. The lowest BCUT2D eigenvalue weighted by Crippen LogP contribution is -2.11. The molecule has 6 heteroatoms. The first-order chi connectivity index (χ1) is 8.33. The summed E-state index contributed by atoms with van der Waals surface area (Å²) in [6.45, 7) is 5.54. The molecule has 0 bridgehead atoms. The van der Waals surface area contributed by atoms with Gasteiger partial charge < -0.3 is 29.2 Å². The molecule has 0 fully saturated rings. The van der Waals surface area contributed by atoms with Gasteiger partial charge in [-0.25, -0.2) is 0 Å². The summed E-state index contributed by atoms with van der Waals surface area (Å²) in [5, 5.41) is 16.7. The Kier molecular flexibility index (Phi) is 23.7. The van der Waals surface area contributed by atoms with Gasteiger partial charge in [-0.05, 0) is 6.92 Å². The van der Waals surface area contributed by atoms with Crippen molar-refractivity contribution in [2.24, 2.45) is 0 Å². The maximum Gasteiger partial charge on any atom is 0.0701 e. The Morgan fingerprint density at radius 3 is 1.24 bits per heavy atom. The van der Waals surface area contributed by atoms with Crippen LogP contribution in [0.4, 0.5) is 0 Å². The Hall–Kier alpha value is -0.240. The minimum atomic E-state index is 0.0413. The van der Waals surface area contributed by atoms with Gasteiger partial charge in [-0.1, -0.05) is 0 Å². The Bertz CT molecular complexity index is 100. The molecule has 0 unspecified atom stereocenters. The molecule has 0 aromatic rings. The summed E-state index contributed by atoms with van der Waals surface area (Å²) >= 11 is 0. The van der Waals surface area contributed by atoms with E-state index in [1.54, 1.807) is 7.11 Å². The van der Waals surface area contributed by atoms with E-state index >= 15 is 0 Å². The molecule has 0 aliphatic carbocycles. The van der Waals surface area contributed by atoms with Crippen molar-refractivity contribution in [3.8, 4) is 0 Å². The Morgan fingerprint density at radius 1 is 0.706 bits per heavy atom. The van der Waals surface area contributed by atoms with Crippen molar-refractivity contribution in [3.05, 3.63) is 0 Å². The molecule has 17 heavy (non-hydrogen) atoms.